The molecule has 6 heteroatoms. The molecule has 2 aromatic carbocycles. The number of rotatable bonds is 4. The van der Waals surface area contributed by atoms with E-state index in [0.29, 0.717) is 11.4 Å². The van der Waals surface area contributed by atoms with Crippen molar-refractivity contribution in [3.8, 4) is 5.69 Å². The molecule has 1 N–H and O–H groups in total. The summed E-state index contributed by atoms with van der Waals surface area (Å²) in [5.74, 6) is -1.000. The van der Waals surface area contributed by atoms with Crippen molar-refractivity contribution in [3.05, 3.63) is 82.7 Å². The van der Waals surface area contributed by atoms with Crippen molar-refractivity contribution in [3.63, 3.8) is 0 Å². The van der Waals surface area contributed by atoms with Crippen molar-refractivity contribution >= 4 is 5.91 Å². The number of carbonyl (C=O) groups excluding carboxylic acids is 1. The van der Waals surface area contributed by atoms with E-state index in [1.54, 1.807) is 35.0 Å². The summed E-state index contributed by atoms with van der Waals surface area (Å²) in [4.78, 5) is 12.8. The molecule has 1 unspecified atom stereocenters. The third kappa shape index (κ3) is 3.23. The van der Waals surface area contributed by atoms with Gasteiger partial charge in [0, 0.05) is 11.3 Å². The van der Waals surface area contributed by atoms with Crippen molar-refractivity contribution in [2.24, 2.45) is 0 Å². The number of carbonyl (C=O) groups is 1. The minimum atomic E-state index is -0.374. The Morgan fingerprint density at radius 2 is 1.85 bits per heavy atom. The van der Waals surface area contributed by atoms with Crippen LogP contribution >= 0.6 is 0 Å². The van der Waals surface area contributed by atoms with Crippen LogP contribution in [0.4, 0.5) is 8.78 Å². The Labute approximate surface area is 155 Å². The van der Waals surface area contributed by atoms with Crippen molar-refractivity contribution < 1.29 is 13.6 Å². The zero-order valence-corrected chi connectivity index (χ0v) is 14.9. The summed E-state index contributed by atoms with van der Waals surface area (Å²) in [6.45, 7) is 1.83. The molecule has 3 aromatic rings. The molecule has 0 saturated carbocycles. The number of amides is 1. The zero-order chi connectivity index (χ0) is 19.0. The summed E-state index contributed by atoms with van der Waals surface area (Å²) in [6.07, 6.45) is 2.42. The first-order valence-electron chi connectivity index (χ1n) is 8.96. The number of nitrogens with one attached hydrogen (secondary N) is 1. The molecule has 0 aliphatic heterocycles. The molecule has 0 bridgehead atoms. The van der Waals surface area contributed by atoms with Gasteiger partial charge in [-0.1, -0.05) is 24.3 Å². The third-order valence-electron chi connectivity index (χ3n) is 4.94. The number of nitrogens with zero attached hydrogens (tertiary/aromatic N) is 2. The normalized spacial score (nSPS) is 14.0. The number of halogens is 2. The molecule has 1 aromatic heterocycles. The summed E-state index contributed by atoms with van der Waals surface area (Å²) in [6, 6.07) is 12.1. The van der Waals surface area contributed by atoms with Crippen LogP contribution < -0.4 is 5.32 Å². The highest BCUT2D eigenvalue weighted by molar-refractivity contribution is 5.94. The van der Waals surface area contributed by atoms with E-state index < -0.39 is 0 Å². The molecule has 4 rings (SSSR count). The van der Waals surface area contributed by atoms with Crippen LogP contribution in [0.1, 0.15) is 46.7 Å². The van der Waals surface area contributed by atoms with Gasteiger partial charge >= 0.3 is 0 Å². The van der Waals surface area contributed by atoms with Gasteiger partial charge in [0.25, 0.3) is 5.91 Å². The van der Waals surface area contributed by atoms with Gasteiger partial charge in [-0.2, -0.15) is 5.10 Å². The molecule has 0 radical (unpaired) electrons. The van der Waals surface area contributed by atoms with E-state index in [2.05, 4.69) is 10.4 Å². The topological polar surface area (TPSA) is 46.9 Å². The number of para-hydroxylation sites is 1. The second-order valence-electron chi connectivity index (χ2n) is 6.74. The van der Waals surface area contributed by atoms with Crippen LogP contribution in [0.15, 0.2) is 48.5 Å². The summed E-state index contributed by atoms with van der Waals surface area (Å²) >= 11 is 0. The Bertz CT molecular complexity index is 995. The Hall–Kier alpha value is -3.02. The van der Waals surface area contributed by atoms with Crippen LogP contribution in [0.25, 0.3) is 5.69 Å². The van der Waals surface area contributed by atoms with Gasteiger partial charge in [-0.3, -0.25) is 4.79 Å². The van der Waals surface area contributed by atoms with Crippen LogP contribution in [0, 0.1) is 11.6 Å². The van der Waals surface area contributed by atoms with Gasteiger partial charge in [-0.05, 0) is 56.0 Å². The van der Waals surface area contributed by atoms with Gasteiger partial charge in [0.1, 0.15) is 17.3 Å². The SMILES string of the molecule is CC(NC(=O)c1nn(-c2ccccc2F)c2c1CCC2)c1ccc(F)cc1. The third-order valence-corrected chi connectivity index (χ3v) is 4.94. The number of hydrogen-bond donors (Lipinski definition) is 1. The monoisotopic (exact) mass is 367 g/mol. The van der Waals surface area contributed by atoms with E-state index in [0.717, 1.165) is 36.1 Å². The Morgan fingerprint density at radius 3 is 2.59 bits per heavy atom. The van der Waals surface area contributed by atoms with E-state index in [9.17, 15) is 13.6 Å². The number of hydrogen-bond acceptors (Lipinski definition) is 2. The fraction of sp³-hybridized carbons (Fsp3) is 0.238. The second-order valence-corrected chi connectivity index (χ2v) is 6.74. The maximum atomic E-state index is 14.2. The standard InChI is InChI=1S/C21H19F2N3O/c1-13(14-9-11-15(22)12-10-14)24-21(27)20-16-5-4-8-18(16)26(25-20)19-7-3-2-6-17(19)23/h2-3,6-7,9-13H,4-5,8H2,1H3,(H,24,27). The molecule has 1 aliphatic carbocycles. The average Bonchev–Trinajstić information content (AvgIpc) is 3.25. The van der Waals surface area contributed by atoms with E-state index in [1.165, 1.54) is 18.2 Å². The minimum absolute atomic E-state index is 0.297. The summed E-state index contributed by atoms with van der Waals surface area (Å²) in [7, 11) is 0. The van der Waals surface area contributed by atoms with E-state index in [-0.39, 0.29) is 23.6 Å². The molecule has 0 spiro atoms. The van der Waals surface area contributed by atoms with Crippen LogP contribution in [0.2, 0.25) is 0 Å². The fourth-order valence-electron chi connectivity index (χ4n) is 3.54. The molecular formula is C21H19F2N3O. The first-order valence-corrected chi connectivity index (χ1v) is 8.96. The first kappa shape index (κ1) is 17.4. The van der Waals surface area contributed by atoms with Gasteiger partial charge in [-0.25, -0.2) is 13.5 Å². The van der Waals surface area contributed by atoms with Crippen LogP contribution in [-0.2, 0) is 12.8 Å². The number of fused-ring (bicyclic) bond motifs is 1. The van der Waals surface area contributed by atoms with Crippen LogP contribution in [-0.4, -0.2) is 15.7 Å². The number of benzene rings is 2. The van der Waals surface area contributed by atoms with Crippen molar-refractivity contribution in [2.75, 3.05) is 0 Å². The second kappa shape index (κ2) is 6.95. The van der Waals surface area contributed by atoms with E-state index in [1.807, 2.05) is 6.92 Å². The predicted molar refractivity (Wildman–Crippen MR) is 97.8 cm³/mol. The molecule has 1 amide bonds. The first-order chi connectivity index (χ1) is 13.0. The van der Waals surface area contributed by atoms with Gasteiger partial charge in [0.2, 0.25) is 0 Å². The molecule has 4 nitrogen and oxygen atoms in total. The molecule has 138 valence electrons. The van der Waals surface area contributed by atoms with Crippen LogP contribution in [0.5, 0.6) is 0 Å². The highest BCUT2D eigenvalue weighted by Gasteiger charge is 2.28. The summed E-state index contributed by atoms with van der Waals surface area (Å²) < 4.78 is 28.9. The van der Waals surface area contributed by atoms with Crippen molar-refractivity contribution in [2.45, 2.75) is 32.2 Å². The van der Waals surface area contributed by atoms with Crippen LogP contribution in [0.3, 0.4) is 0 Å². The summed E-state index contributed by atoms with van der Waals surface area (Å²) in [5, 5.41) is 7.34. The lowest BCUT2D eigenvalue weighted by molar-refractivity contribution is 0.0933. The van der Waals surface area contributed by atoms with E-state index >= 15 is 0 Å². The Balaban J connectivity index is 1.64. The lowest BCUT2D eigenvalue weighted by Crippen LogP contribution is -2.28. The molecule has 1 aliphatic rings. The highest BCUT2D eigenvalue weighted by Crippen LogP contribution is 2.29. The quantitative estimate of drug-likeness (QED) is 0.754. The average molecular weight is 367 g/mol. The lowest BCUT2D eigenvalue weighted by Gasteiger charge is -2.14. The van der Waals surface area contributed by atoms with Gasteiger partial charge in [0.05, 0.1) is 6.04 Å². The molecule has 0 fully saturated rings. The Kier molecular flexibility index (Phi) is 4.48. The lowest BCUT2D eigenvalue weighted by atomic mass is 10.1. The maximum Gasteiger partial charge on any atom is 0.272 e. The molecule has 0 saturated heterocycles. The molecule has 1 atom stereocenters. The largest absolute Gasteiger partial charge is 0.344 e. The van der Waals surface area contributed by atoms with Gasteiger partial charge in [0.15, 0.2) is 5.69 Å². The fourth-order valence-corrected chi connectivity index (χ4v) is 3.54. The smallest absolute Gasteiger partial charge is 0.272 e. The Morgan fingerprint density at radius 1 is 1.11 bits per heavy atom. The maximum absolute atomic E-state index is 14.2. The van der Waals surface area contributed by atoms with Crippen molar-refractivity contribution in [1.82, 2.24) is 15.1 Å². The molecular weight excluding hydrogens is 348 g/mol. The summed E-state index contributed by atoms with van der Waals surface area (Å²) in [5.41, 5.74) is 3.25. The number of aromatic nitrogens is 2. The minimum Gasteiger partial charge on any atom is -0.344 e. The predicted octanol–water partition coefficient (Wildman–Crippen LogP) is 4.13. The van der Waals surface area contributed by atoms with Crippen molar-refractivity contribution in [1.29, 1.82) is 0 Å². The van der Waals surface area contributed by atoms with E-state index in [4.69, 9.17) is 0 Å². The van der Waals surface area contributed by atoms with Gasteiger partial charge in [-0.15, -0.1) is 0 Å². The molecule has 27 heavy (non-hydrogen) atoms. The molecule has 1 heterocycles. The highest BCUT2D eigenvalue weighted by atomic mass is 19.1. The van der Waals surface area contributed by atoms with Gasteiger partial charge < -0.3 is 5.32 Å². The zero-order valence-electron chi connectivity index (χ0n) is 14.9.